The topological polar surface area (TPSA) is 217 Å². The maximum absolute atomic E-state index is 15.6. The smallest absolute Gasteiger partial charge is 0.264 e. The van der Waals surface area contributed by atoms with Crippen LogP contribution in [0.4, 0.5) is 21.5 Å². The number of amides is 7. The van der Waals surface area contributed by atoms with Gasteiger partial charge in [-0.05, 0) is 74.2 Å². The Bertz CT molecular complexity index is 2640. The number of pyridine rings is 1. The van der Waals surface area contributed by atoms with E-state index < -0.39 is 47.4 Å². The summed E-state index contributed by atoms with van der Waals surface area (Å²) in [6.07, 6.45) is 2.44. The van der Waals surface area contributed by atoms with E-state index in [2.05, 4.69) is 36.9 Å². The number of unbranched alkanes of at least 4 members (excludes halogenated alkanes) is 1. The van der Waals surface area contributed by atoms with E-state index in [1.54, 1.807) is 37.3 Å². The summed E-state index contributed by atoms with van der Waals surface area (Å²) in [6, 6.07) is 19.7. The van der Waals surface area contributed by atoms with Gasteiger partial charge in [0.2, 0.25) is 17.7 Å². The van der Waals surface area contributed by atoms with Gasteiger partial charge in [0, 0.05) is 61.1 Å². The van der Waals surface area contributed by atoms with Crippen molar-refractivity contribution >= 4 is 69.3 Å². The zero-order valence-corrected chi connectivity index (χ0v) is 34.0. The number of fused-ring (bicyclic) bond motifs is 2. The number of carbonyl (C=O) groups excluding carboxylic acids is 7. The van der Waals surface area contributed by atoms with Crippen LogP contribution in [-0.2, 0) is 14.4 Å². The van der Waals surface area contributed by atoms with Crippen molar-refractivity contribution in [2.45, 2.75) is 44.7 Å². The molecule has 0 aliphatic carbocycles. The van der Waals surface area contributed by atoms with Crippen LogP contribution in [-0.4, -0.2) is 90.6 Å². The molecule has 2 aliphatic rings. The Morgan fingerprint density at radius 3 is 2.35 bits per heavy atom. The van der Waals surface area contributed by atoms with Gasteiger partial charge < -0.3 is 31.3 Å². The molecule has 1 fully saturated rings. The van der Waals surface area contributed by atoms with Gasteiger partial charge in [0.05, 0.1) is 40.6 Å². The SMILES string of the molecule is CNC(=O)c1cnc2cc(OC)c(-c3ccc(C(=O)NCCCCNC(=O)C(C)Nc4cccc5c4C(=O)N(C4CCC(=O)NC4=O)C5=O)c(F)c3)cc2c1Nc1ccccc1. The fourth-order valence-corrected chi connectivity index (χ4v) is 7.43. The zero-order valence-electron chi connectivity index (χ0n) is 34.0. The van der Waals surface area contributed by atoms with Crippen LogP contribution in [0.2, 0.25) is 0 Å². The molecule has 0 spiro atoms. The van der Waals surface area contributed by atoms with Gasteiger partial charge in [0.15, 0.2) is 0 Å². The Balaban J connectivity index is 0.935. The number of halogens is 1. The number of ether oxygens (including phenoxy) is 1. The summed E-state index contributed by atoms with van der Waals surface area (Å²) in [5.41, 5.74) is 3.23. The summed E-state index contributed by atoms with van der Waals surface area (Å²) < 4.78 is 21.3. The predicted octanol–water partition coefficient (Wildman–Crippen LogP) is 4.68. The number of anilines is 3. The van der Waals surface area contributed by atoms with Gasteiger partial charge in [0.1, 0.15) is 23.7 Å². The van der Waals surface area contributed by atoms with Gasteiger partial charge in [-0.25, -0.2) is 4.39 Å². The van der Waals surface area contributed by atoms with Crippen molar-refractivity contribution in [3.05, 3.63) is 113 Å². The first-order chi connectivity index (χ1) is 29.9. The van der Waals surface area contributed by atoms with E-state index in [9.17, 15) is 33.6 Å². The number of imide groups is 2. The van der Waals surface area contributed by atoms with E-state index in [-0.39, 0.29) is 60.1 Å². The van der Waals surface area contributed by atoms with Gasteiger partial charge in [-0.15, -0.1) is 0 Å². The molecule has 0 radical (unpaired) electrons. The first-order valence-corrected chi connectivity index (χ1v) is 19.9. The second-order valence-electron chi connectivity index (χ2n) is 14.7. The Hall–Kier alpha value is -7.69. The summed E-state index contributed by atoms with van der Waals surface area (Å²) in [7, 11) is 3.01. The number of nitrogens with zero attached hydrogens (tertiary/aromatic N) is 2. The second-order valence-corrected chi connectivity index (χ2v) is 14.7. The number of rotatable bonds is 15. The first-order valence-electron chi connectivity index (χ1n) is 19.9. The molecule has 1 aromatic heterocycles. The molecule has 0 saturated carbocycles. The van der Waals surface area contributed by atoms with Gasteiger partial charge >= 0.3 is 0 Å². The highest BCUT2D eigenvalue weighted by molar-refractivity contribution is 6.25. The Labute approximate surface area is 355 Å². The Morgan fingerprint density at radius 1 is 0.887 bits per heavy atom. The maximum Gasteiger partial charge on any atom is 0.264 e. The minimum absolute atomic E-state index is 0.00588. The molecule has 17 heteroatoms. The van der Waals surface area contributed by atoms with E-state index >= 15 is 4.39 Å². The number of nitrogens with one attached hydrogen (secondary N) is 6. The standard InChI is InChI=1S/C45H43FN8O8/c1-24(51-33-13-9-12-28-38(33)45(61)54(44(28)60)35-16-17-37(55)53-43(35)59)40(56)48-18-7-8-19-49-42(58)27-15-14-25(20-32(27)46)29-21-30-34(22-36(29)62-3)50-23-31(41(57)47-2)39(30)52-26-10-5-4-6-11-26/h4-6,9-15,20-24,35,51H,7-8,16-19H2,1-3H3,(H,47,57)(H,48,56)(H,49,58)(H,50,52)(H,53,55,59). The lowest BCUT2D eigenvalue weighted by molar-refractivity contribution is -0.136. The highest BCUT2D eigenvalue weighted by Gasteiger charge is 2.45. The molecule has 0 bridgehead atoms. The average molecular weight is 843 g/mol. The molecule has 16 nitrogen and oxygen atoms in total. The second kappa shape index (κ2) is 18.3. The molecule has 1 saturated heterocycles. The average Bonchev–Trinajstić information content (AvgIpc) is 3.53. The van der Waals surface area contributed by atoms with Gasteiger partial charge in [0.25, 0.3) is 23.6 Å². The summed E-state index contributed by atoms with van der Waals surface area (Å²) in [5, 5.41) is 17.2. The van der Waals surface area contributed by atoms with Crippen LogP contribution in [0, 0.1) is 5.82 Å². The number of piperidine rings is 1. The number of methoxy groups -OCH3 is 1. The number of aromatic nitrogens is 1. The van der Waals surface area contributed by atoms with Crippen molar-refractivity contribution in [2.24, 2.45) is 0 Å². The van der Waals surface area contributed by atoms with E-state index in [0.717, 1.165) is 10.6 Å². The Kier molecular flexibility index (Phi) is 12.5. The van der Waals surface area contributed by atoms with Gasteiger partial charge in [-0.3, -0.25) is 48.8 Å². The number of hydrogen-bond donors (Lipinski definition) is 6. The molecule has 62 heavy (non-hydrogen) atoms. The molecule has 5 aromatic rings. The van der Waals surface area contributed by atoms with Crippen molar-refractivity contribution in [3.8, 4) is 16.9 Å². The third-order valence-electron chi connectivity index (χ3n) is 10.7. The van der Waals surface area contributed by atoms with E-state index in [4.69, 9.17) is 4.74 Å². The van der Waals surface area contributed by atoms with Crippen LogP contribution in [0.1, 0.15) is 74.0 Å². The van der Waals surface area contributed by atoms with Crippen molar-refractivity contribution in [1.82, 2.24) is 31.2 Å². The lowest BCUT2D eigenvalue weighted by Gasteiger charge is -2.27. The zero-order chi connectivity index (χ0) is 44.1. The normalized spacial score (nSPS) is 15.1. The monoisotopic (exact) mass is 842 g/mol. The number of carbonyl (C=O) groups is 7. The number of hydrogen-bond acceptors (Lipinski definition) is 11. The fraction of sp³-hybridized carbons (Fsp3) is 0.244. The maximum atomic E-state index is 15.6. The molecular formula is C45H43FN8O8. The molecule has 6 N–H and O–H groups in total. The quantitative estimate of drug-likeness (QED) is 0.0629. The summed E-state index contributed by atoms with van der Waals surface area (Å²) in [5.74, 6) is -4.24. The highest BCUT2D eigenvalue weighted by Crippen LogP contribution is 2.39. The van der Waals surface area contributed by atoms with Crippen molar-refractivity contribution in [2.75, 3.05) is 37.9 Å². The largest absolute Gasteiger partial charge is 0.496 e. The van der Waals surface area contributed by atoms with E-state index in [1.165, 1.54) is 38.6 Å². The van der Waals surface area contributed by atoms with Crippen LogP contribution in [0.25, 0.3) is 22.0 Å². The molecular weight excluding hydrogens is 800 g/mol. The lowest BCUT2D eigenvalue weighted by atomic mass is 9.98. The fourth-order valence-electron chi connectivity index (χ4n) is 7.43. The third-order valence-corrected chi connectivity index (χ3v) is 10.7. The van der Waals surface area contributed by atoms with Crippen LogP contribution in [0.5, 0.6) is 5.75 Å². The third kappa shape index (κ3) is 8.63. The number of benzene rings is 4. The highest BCUT2D eigenvalue weighted by atomic mass is 19.1. The number of para-hydroxylation sites is 1. The Morgan fingerprint density at radius 2 is 1.65 bits per heavy atom. The molecule has 2 atom stereocenters. The summed E-state index contributed by atoms with van der Waals surface area (Å²) in [6.45, 7) is 2.05. The van der Waals surface area contributed by atoms with E-state index in [0.29, 0.717) is 51.9 Å². The minimum atomic E-state index is -1.12. The first kappa shape index (κ1) is 42.4. The van der Waals surface area contributed by atoms with Crippen LogP contribution < -0.4 is 36.6 Å². The molecule has 7 amide bonds. The van der Waals surface area contributed by atoms with Crippen LogP contribution in [0.3, 0.4) is 0 Å². The summed E-state index contributed by atoms with van der Waals surface area (Å²) in [4.78, 5) is 94.8. The van der Waals surface area contributed by atoms with Crippen LogP contribution >= 0.6 is 0 Å². The van der Waals surface area contributed by atoms with Crippen molar-refractivity contribution in [3.63, 3.8) is 0 Å². The van der Waals surface area contributed by atoms with E-state index in [1.807, 2.05) is 30.3 Å². The lowest BCUT2D eigenvalue weighted by Crippen LogP contribution is -2.54. The molecule has 3 heterocycles. The molecule has 2 unspecified atom stereocenters. The molecule has 7 rings (SSSR count). The summed E-state index contributed by atoms with van der Waals surface area (Å²) >= 11 is 0. The predicted molar refractivity (Wildman–Crippen MR) is 228 cm³/mol. The van der Waals surface area contributed by atoms with Crippen molar-refractivity contribution < 1.29 is 42.7 Å². The van der Waals surface area contributed by atoms with Crippen LogP contribution in [0.15, 0.2) is 85.1 Å². The molecule has 4 aromatic carbocycles. The minimum Gasteiger partial charge on any atom is -0.496 e. The van der Waals surface area contributed by atoms with Gasteiger partial charge in [-0.1, -0.05) is 30.3 Å². The molecule has 2 aliphatic heterocycles. The molecule has 318 valence electrons. The van der Waals surface area contributed by atoms with Crippen molar-refractivity contribution in [1.29, 1.82) is 0 Å². The van der Waals surface area contributed by atoms with Gasteiger partial charge in [-0.2, -0.15) is 0 Å².